The quantitative estimate of drug-likeness (QED) is 0.155. The second-order valence-corrected chi connectivity index (χ2v) is 13.5. The fraction of sp³-hybridized carbons (Fsp3) is 0.171. The maximum atomic E-state index is 12.7. The van der Waals surface area contributed by atoms with E-state index in [1.165, 1.54) is 0 Å². The molecule has 14 heteroatoms. The molecule has 0 bridgehead atoms. The third-order valence-corrected chi connectivity index (χ3v) is 9.09. The Bertz CT molecular complexity index is 2040. The van der Waals surface area contributed by atoms with Crippen molar-refractivity contribution in [2.24, 2.45) is 0 Å². The van der Waals surface area contributed by atoms with E-state index in [9.17, 15) is 4.79 Å². The Morgan fingerprint density at radius 2 is 1.41 bits per heavy atom. The average Bonchev–Trinajstić information content (AvgIpc) is 3.05. The smallest absolute Gasteiger partial charge is 0.251 e. The zero-order chi connectivity index (χ0) is 35.7. The summed E-state index contributed by atoms with van der Waals surface area (Å²) in [5.74, 6) is 0.297. The van der Waals surface area contributed by atoms with Crippen LogP contribution in [0.4, 0.5) is 11.5 Å². The largest absolute Gasteiger partial charge is 0.397 e. The Balaban J connectivity index is 0.000000243. The number of carbonyl (C=O) groups is 1. The summed E-state index contributed by atoms with van der Waals surface area (Å²) in [7, 11) is 0. The standard InChI is InChI=1S/C23H21ClN6O.C6H5BrClN.C6H7BrN2/c1-13-5-22(25)30-14(2)20(13)11-29-23(31)15-3-4-26-18(7-15)9-19-8-16-6-17(24)10-28-21(16)12-27-19;2*1-4-6(7)2-5(8)3-9-4/h3-8,10,12H,9,11H2,1-2H3,(H2,25,30)(H,29,31);2-3H,1H3;2-3H,8H2,1H3. The van der Waals surface area contributed by atoms with Crippen LogP contribution < -0.4 is 16.8 Å². The minimum Gasteiger partial charge on any atom is -0.397 e. The van der Waals surface area contributed by atoms with Crippen molar-refractivity contribution in [3.63, 3.8) is 0 Å². The number of halogens is 4. The summed E-state index contributed by atoms with van der Waals surface area (Å²) in [5.41, 5.74) is 19.5. The highest BCUT2D eigenvalue weighted by Crippen LogP contribution is 2.20. The maximum Gasteiger partial charge on any atom is 0.251 e. The van der Waals surface area contributed by atoms with E-state index in [-0.39, 0.29) is 5.91 Å². The lowest BCUT2D eigenvalue weighted by Gasteiger charge is -2.12. The Kier molecular flexibility index (Phi) is 13.4. The van der Waals surface area contributed by atoms with Crippen molar-refractivity contribution in [1.29, 1.82) is 0 Å². The summed E-state index contributed by atoms with van der Waals surface area (Å²) in [6, 6.07) is 12.7. The molecular weight excluding hydrogens is 793 g/mol. The number of aromatic nitrogens is 6. The van der Waals surface area contributed by atoms with E-state index in [1.54, 1.807) is 49.2 Å². The van der Waals surface area contributed by atoms with Crippen LogP contribution in [-0.4, -0.2) is 35.8 Å². The van der Waals surface area contributed by atoms with Crippen LogP contribution in [0, 0.1) is 27.7 Å². The Morgan fingerprint density at radius 3 is 2.06 bits per heavy atom. The highest BCUT2D eigenvalue weighted by atomic mass is 79.9. The number of amides is 1. The molecule has 1 amide bonds. The van der Waals surface area contributed by atoms with Crippen LogP contribution in [0.3, 0.4) is 0 Å². The molecule has 0 saturated carbocycles. The van der Waals surface area contributed by atoms with Gasteiger partial charge in [-0.15, -0.1) is 0 Å². The van der Waals surface area contributed by atoms with Gasteiger partial charge in [-0.3, -0.25) is 29.7 Å². The molecule has 0 fully saturated rings. The number of hydrogen-bond acceptors (Lipinski definition) is 9. The Labute approximate surface area is 311 Å². The van der Waals surface area contributed by atoms with Crippen molar-refractivity contribution in [3.05, 3.63) is 138 Å². The lowest BCUT2D eigenvalue weighted by atomic mass is 10.1. The van der Waals surface area contributed by atoms with Gasteiger partial charge >= 0.3 is 0 Å². The molecular formula is C35H33Br2Cl2N9O. The molecule has 0 saturated heterocycles. The predicted molar refractivity (Wildman–Crippen MR) is 204 cm³/mol. The van der Waals surface area contributed by atoms with E-state index < -0.39 is 0 Å². The number of nitrogens with one attached hydrogen (secondary N) is 1. The molecule has 10 nitrogen and oxygen atoms in total. The van der Waals surface area contributed by atoms with Crippen LogP contribution in [0.2, 0.25) is 10.0 Å². The number of aryl methyl sites for hydroxylation is 4. The molecule has 0 aliphatic heterocycles. The number of carbonyl (C=O) groups excluding carboxylic acids is 1. The Morgan fingerprint density at radius 1 is 0.755 bits per heavy atom. The van der Waals surface area contributed by atoms with E-state index in [1.807, 2.05) is 52.0 Å². The molecule has 0 aliphatic rings. The third kappa shape index (κ3) is 11.1. The molecule has 6 aromatic rings. The second-order valence-electron chi connectivity index (χ2n) is 10.9. The molecule has 6 aromatic heterocycles. The van der Waals surface area contributed by atoms with Crippen LogP contribution >= 0.6 is 55.1 Å². The molecule has 0 unspecified atom stereocenters. The normalized spacial score (nSPS) is 10.4. The Hall–Kier alpha value is -4.23. The number of nitrogens with two attached hydrogens (primary N) is 2. The van der Waals surface area contributed by atoms with Gasteiger partial charge in [-0.2, -0.15) is 0 Å². The minimum atomic E-state index is -0.179. The van der Waals surface area contributed by atoms with Crippen molar-refractivity contribution in [1.82, 2.24) is 35.2 Å². The first-order valence-electron chi connectivity index (χ1n) is 14.8. The van der Waals surface area contributed by atoms with Gasteiger partial charge in [0.25, 0.3) is 5.91 Å². The van der Waals surface area contributed by atoms with Crippen molar-refractivity contribution in [2.75, 3.05) is 11.5 Å². The van der Waals surface area contributed by atoms with Crippen LogP contribution in [-0.2, 0) is 13.0 Å². The van der Waals surface area contributed by atoms with Gasteiger partial charge in [-0.1, -0.05) is 23.2 Å². The van der Waals surface area contributed by atoms with E-state index in [0.717, 1.165) is 59.4 Å². The topological polar surface area (TPSA) is 158 Å². The highest BCUT2D eigenvalue weighted by molar-refractivity contribution is 9.10. The fourth-order valence-corrected chi connectivity index (χ4v) is 5.65. The summed E-state index contributed by atoms with van der Waals surface area (Å²) in [4.78, 5) is 38.1. The second kappa shape index (κ2) is 17.4. The van der Waals surface area contributed by atoms with Gasteiger partial charge in [0.05, 0.1) is 45.0 Å². The number of hydrogen-bond donors (Lipinski definition) is 3. The third-order valence-electron chi connectivity index (χ3n) is 7.07. The molecule has 0 aromatic carbocycles. The summed E-state index contributed by atoms with van der Waals surface area (Å²) in [6.45, 7) is 8.05. The lowest BCUT2D eigenvalue weighted by molar-refractivity contribution is 0.0950. The number of anilines is 2. The van der Waals surface area contributed by atoms with E-state index >= 15 is 0 Å². The first-order valence-corrected chi connectivity index (χ1v) is 17.1. The van der Waals surface area contributed by atoms with Crippen molar-refractivity contribution in [3.8, 4) is 0 Å². The van der Waals surface area contributed by atoms with Gasteiger partial charge in [0, 0.05) is 68.5 Å². The maximum absolute atomic E-state index is 12.7. The van der Waals surface area contributed by atoms with Crippen molar-refractivity contribution in [2.45, 2.75) is 40.7 Å². The fourth-order valence-electron chi connectivity index (χ4n) is 4.48. The number of nitrogens with zero attached hydrogens (tertiary/aromatic N) is 6. The summed E-state index contributed by atoms with van der Waals surface area (Å²) >= 11 is 18.3. The molecule has 6 rings (SSSR count). The van der Waals surface area contributed by atoms with Crippen molar-refractivity contribution >= 4 is 83.4 Å². The van der Waals surface area contributed by atoms with Crippen LogP contribution in [0.25, 0.3) is 10.9 Å². The minimum absolute atomic E-state index is 0.179. The number of fused-ring (bicyclic) bond motifs is 1. The molecule has 5 N–H and O–H groups in total. The first kappa shape index (κ1) is 37.6. The SMILES string of the molecule is Cc1cc(N)nc(C)c1CNC(=O)c1ccnc(Cc2cc3cc(Cl)cnc3cn2)c1.Cc1ncc(Cl)cc1Br.Cc1ncc(N)cc1Br. The molecule has 0 atom stereocenters. The first-order chi connectivity index (χ1) is 23.3. The molecule has 6 heterocycles. The number of nitrogen functional groups attached to an aromatic ring is 2. The monoisotopic (exact) mass is 823 g/mol. The summed E-state index contributed by atoms with van der Waals surface area (Å²) < 4.78 is 1.91. The number of pyridine rings is 6. The summed E-state index contributed by atoms with van der Waals surface area (Å²) in [5, 5.41) is 5.10. The van der Waals surface area contributed by atoms with Gasteiger partial charge in [-0.05, 0) is 113 Å². The number of rotatable bonds is 5. The van der Waals surface area contributed by atoms with E-state index in [4.69, 9.17) is 34.7 Å². The summed E-state index contributed by atoms with van der Waals surface area (Å²) in [6.07, 6.45) is 8.69. The average molecular weight is 826 g/mol. The van der Waals surface area contributed by atoms with Crippen LogP contribution in [0.5, 0.6) is 0 Å². The molecule has 0 radical (unpaired) electrons. The predicted octanol–water partition coefficient (Wildman–Crippen LogP) is 8.33. The highest BCUT2D eigenvalue weighted by Gasteiger charge is 2.11. The molecule has 0 spiro atoms. The van der Waals surface area contributed by atoms with Gasteiger partial charge in [0.15, 0.2) is 0 Å². The lowest BCUT2D eigenvalue weighted by Crippen LogP contribution is -2.24. The molecule has 49 heavy (non-hydrogen) atoms. The van der Waals surface area contributed by atoms with Gasteiger partial charge in [0.2, 0.25) is 0 Å². The van der Waals surface area contributed by atoms with Gasteiger partial charge in [-0.25, -0.2) is 4.98 Å². The van der Waals surface area contributed by atoms with E-state index in [0.29, 0.717) is 40.1 Å². The zero-order valence-corrected chi connectivity index (χ0v) is 31.8. The van der Waals surface area contributed by atoms with Crippen LogP contribution in [0.1, 0.15) is 50.0 Å². The van der Waals surface area contributed by atoms with E-state index in [2.05, 4.69) is 67.1 Å². The van der Waals surface area contributed by atoms with Gasteiger partial charge < -0.3 is 16.8 Å². The van der Waals surface area contributed by atoms with Gasteiger partial charge in [0.1, 0.15) is 5.82 Å². The van der Waals surface area contributed by atoms with Crippen LogP contribution in [0.15, 0.2) is 82.4 Å². The van der Waals surface area contributed by atoms with Crippen molar-refractivity contribution < 1.29 is 4.79 Å². The zero-order valence-electron chi connectivity index (χ0n) is 27.1. The molecule has 252 valence electrons. The molecule has 0 aliphatic carbocycles.